The quantitative estimate of drug-likeness (QED) is 0.835. The SMILES string of the molecule is CC(C)(O)CS(=O)(=O)c1cccs1. The van der Waals surface area contributed by atoms with Crippen LogP contribution in [0.15, 0.2) is 21.7 Å². The summed E-state index contributed by atoms with van der Waals surface area (Å²) in [5.41, 5.74) is -1.18. The van der Waals surface area contributed by atoms with Crippen molar-refractivity contribution in [3.05, 3.63) is 17.5 Å². The summed E-state index contributed by atoms with van der Waals surface area (Å²) in [7, 11) is -3.31. The maximum Gasteiger partial charge on any atom is 0.190 e. The smallest absolute Gasteiger partial charge is 0.190 e. The third-order valence-electron chi connectivity index (χ3n) is 1.34. The normalized spacial score (nSPS) is 13.2. The van der Waals surface area contributed by atoms with E-state index in [4.69, 9.17) is 0 Å². The Morgan fingerprint density at radius 2 is 2.15 bits per heavy atom. The molecule has 0 saturated carbocycles. The van der Waals surface area contributed by atoms with Crippen LogP contribution in [-0.4, -0.2) is 24.9 Å². The van der Waals surface area contributed by atoms with Gasteiger partial charge in [0.05, 0.1) is 11.4 Å². The highest BCUT2D eigenvalue weighted by atomic mass is 32.2. The average Bonchev–Trinajstić information content (AvgIpc) is 2.29. The molecule has 0 aliphatic rings. The fraction of sp³-hybridized carbons (Fsp3) is 0.500. The molecule has 0 aliphatic carbocycles. The van der Waals surface area contributed by atoms with Crippen molar-refractivity contribution in [2.75, 3.05) is 5.75 Å². The minimum Gasteiger partial charge on any atom is -0.389 e. The number of thiophene rings is 1. The molecule has 13 heavy (non-hydrogen) atoms. The van der Waals surface area contributed by atoms with E-state index in [0.29, 0.717) is 4.21 Å². The zero-order valence-corrected chi connectivity index (χ0v) is 9.15. The van der Waals surface area contributed by atoms with Gasteiger partial charge in [0, 0.05) is 0 Å². The first kappa shape index (κ1) is 10.7. The molecule has 0 spiro atoms. The molecule has 5 heteroatoms. The molecular weight excluding hydrogens is 208 g/mol. The molecule has 0 radical (unpaired) electrons. The Hall–Kier alpha value is -0.390. The van der Waals surface area contributed by atoms with E-state index in [1.807, 2.05) is 0 Å². The van der Waals surface area contributed by atoms with Crippen molar-refractivity contribution in [3.63, 3.8) is 0 Å². The Balaban J connectivity index is 2.93. The summed E-state index contributed by atoms with van der Waals surface area (Å²) in [6, 6.07) is 3.23. The number of hydrogen-bond donors (Lipinski definition) is 1. The summed E-state index contributed by atoms with van der Waals surface area (Å²) < 4.78 is 23.4. The largest absolute Gasteiger partial charge is 0.389 e. The van der Waals surface area contributed by atoms with Crippen LogP contribution in [0, 0.1) is 0 Å². The van der Waals surface area contributed by atoms with E-state index in [1.54, 1.807) is 17.5 Å². The highest BCUT2D eigenvalue weighted by Crippen LogP contribution is 2.20. The molecule has 1 aromatic rings. The summed E-state index contributed by atoms with van der Waals surface area (Å²) in [6.45, 7) is 2.97. The molecule has 0 atom stereocenters. The van der Waals surface area contributed by atoms with Crippen molar-refractivity contribution in [3.8, 4) is 0 Å². The Bertz CT molecular complexity index is 357. The van der Waals surface area contributed by atoms with Gasteiger partial charge in [0.15, 0.2) is 9.84 Å². The molecule has 3 nitrogen and oxygen atoms in total. The van der Waals surface area contributed by atoms with Crippen LogP contribution < -0.4 is 0 Å². The van der Waals surface area contributed by atoms with E-state index in [-0.39, 0.29) is 5.75 Å². The van der Waals surface area contributed by atoms with Crippen molar-refractivity contribution in [2.45, 2.75) is 23.7 Å². The maximum absolute atomic E-state index is 11.6. The second-order valence-electron chi connectivity index (χ2n) is 3.50. The standard InChI is InChI=1S/C8H12O3S2/c1-8(2,9)6-13(10,11)7-4-3-5-12-7/h3-5,9H,6H2,1-2H3. The van der Waals surface area contributed by atoms with Crippen molar-refractivity contribution in [2.24, 2.45) is 0 Å². The number of hydrogen-bond acceptors (Lipinski definition) is 4. The first-order valence-electron chi connectivity index (χ1n) is 3.80. The van der Waals surface area contributed by atoms with Crippen LogP contribution in [0.4, 0.5) is 0 Å². The fourth-order valence-corrected chi connectivity index (χ4v) is 3.71. The van der Waals surface area contributed by atoms with Crippen LogP contribution in [0.25, 0.3) is 0 Å². The Kier molecular flexibility index (Phi) is 2.79. The zero-order valence-electron chi connectivity index (χ0n) is 7.52. The second kappa shape index (κ2) is 3.40. The summed E-state index contributed by atoms with van der Waals surface area (Å²) in [4.78, 5) is 0. The van der Waals surface area contributed by atoms with E-state index < -0.39 is 15.4 Å². The molecule has 0 saturated heterocycles. The van der Waals surface area contributed by atoms with E-state index >= 15 is 0 Å². The zero-order chi connectivity index (χ0) is 10.1. The van der Waals surface area contributed by atoms with Gasteiger partial charge in [-0.3, -0.25) is 0 Å². The van der Waals surface area contributed by atoms with Crippen LogP contribution >= 0.6 is 11.3 Å². The van der Waals surface area contributed by atoms with Gasteiger partial charge in [-0.1, -0.05) is 6.07 Å². The Morgan fingerprint density at radius 1 is 1.54 bits per heavy atom. The van der Waals surface area contributed by atoms with E-state index in [9.17, 15) is 13.5 Å². The van der Waals surface area contributed by atoms with E-state index in [1.165, 1.54) is 25.2 Å². The third-order valence-corrected chi connectivity index (χ3v) is 4.89. The summed E-state index contributed by atoms with van der Waals surface area (Å²) in [6.07, 6.45) is 0. The van der Waals surface area contributed by atoms with Gasteiger partial charge in [-0.25, -0.2) is 8.42 Å². The molecule has 1 N–H and O–H groups in total. The lowest BCUT2D eigenvalue weighted by Gasteiger charge is -2.15. The van der Waals surface area contributed by atoms with Crippen LogP contribution in [0.3, 0.4) is 0 Å². The van der Waals surface area contributed by atoms with Gasteiger partial charge < -0.3 is 5.11 Å². The minimum absolute atomic E-state index is 0.236. The lowest BCUT2D eigenvalue weighted by atomic mass is 10.2. The van der Waals surface area contributed by atoms with Crippen LogP contribution in [0.2, 0.25) is 0 Å². The molecule has 0 amide bonds. The van der Waals surface area contributed by atoms with Gasteiger partial charge in [-0.05, 0) is 25.3 Å². The first-order valence-corrected chi connectivity index (χ1v) is 6.33. The molecule has 0 unspecified atom stereocenters. The molecule has 0 aromatic carbocycles. The number of sulfone groups is 1. The third kappa shape index (κ3) is 3.10. The molecule has 1 aromatic heterocycles. The molecule has 0 fully saturated rings. The van der Waals surface area contributed by atoms with Crippen molar-refractivity contribution in [1.29, 1.82) is 0 Å². The van der Waals surface area contributed by atoms with E-state index in [0.717, 1.165) is 0 Å². The highest BCUT2D eigenvalue weighted by Gasteiger charge is 2.25. The van der Waals surface area contributed by atoms with Crippen molar-refractivity contribution < 1.29 is 13.5 Å². The van der Waals surface area contributed by atoms with Crippen molar-refractivity contribution >= 4 is 21.2 Å². The van der Waals surface area contributed by atoms with Gasteiger partial charge in [-0.2, -0.15) is 0 Å². The molecule has 1 rings (SSSR count). The van der Waals surface area contributed by atoms with Gasteiger partial charge in [0.25, 0.3) is 0 Å². The maximum atomic E-state index is 11.6. The summed E-state index contributed by atoms with van der Waals surface area (Å²) in [5.74, 6) is -0.236. The second-order valence-corrected chi connectivity index (χ2v) is 6.67. The molecule has 0 bridgehead atoms. The van der Waals surface area contributed by atoms with Crippen LogP contribution in [0.5, 0.6) is 0 Å². The predicted octanol–water partition coefficient (Wildman–Crippen LogP) is 1.29. The monoisotopic (exact) mass is 220 g/mol. The lowest BCUT2D eigenvalue weighted by molar-refractivity contribution is 0.105. The summed E-state index contributed by atoms with van der Waals surface area (Å²) >= 11 is 1.17. The molecule has 0 aliphatic heterocycles. The van der Waals surface area contributed by atoms with Gasteiger partial charge in [-0.15, -0.1) is 11.3 Å². The first-order chi connectivity index (χ1) is 5.81. The van der Waals surface area contributed by atoms with Crippen LogP contribution in [0.1, 0.15) is 13.8 Å². The fourth-order valence-electron chi connectivity index (χ4n) is 0.977. The highest BCUT2D eigenvalue weighted by molar-refractivity contribution is 7.93. The van der Waals surface area contributed by atoms with Crippen LogP contribution in [-0.2, 0) is 9.84 Å². The average molecular weight is 220 g/mol. The molecule has 1 heterocycles. The molecular formula is C8H12O3S2. The molecule has 74 valence electrons. The van der Waals surface area contributed by atoms with Gasteiger partial charge in [0.2, 0.25) is 0 Å². The Morgan fingerprint density at radius 3 is 2.54 bits per heavy atom. The van der Waals surface area contributed by atoms with Crippen molar-refractivity contribution in [1.82, 2.24) is 0 Å². The Labute approximate surface area is 82.0 Å². The number of rotatable bonds is 3. The van der Waals surface area contributed by atoms with Gasteiger partial charge >= 0.3 is 0 Å². The summed E-state index contributed by atoms with van der Waals surface area (Å²) in [5, 5.41) is 11.1. The van der Waals surface area contributed by atoms with E-state index in [2.05, 4.69) is 0 Å². The van der Waals surface area contributed by atoms with Gasteiger partial charge in [0.1, 0.15) is 4.21 Å². The number of aliphatic hydroxyl groups is 1. The lowest BCUT2D eigenvalue weighted by Crippen LogP contribution is -2.29. The predicted molar refractivity (Wildman–Crippen MR) is 52.7 cm³/mol. The topological polar surface area (TPSA) is 54.4 Å². The minimum atomic E-state index is -3.31.